The summed E-state index contributed by atoms with van der Waals surface area (Å²) in [5.41, 5.74) is 6.35. The van der Waals surface area contributed by atoms with Gasteiger partial charge < -0.3 is 85.4 Å². The number of methoxy groups -OCH3 is 2. The van der Waals surface area contributed by atoms with Crippen LogP contribution in [0, 0.1) is 11.8 Å². The SMILES string of the molecule is CO[C@@H]1/C=C\C=C(/C)C(=O)NC2=CC(=O)C(NCCCOCCOCCCNC(=O)CCOCCOCCOCCOCCNC(=O)CCCC[C@@H]3SC[C@@H]4NC(=O)N[C@@H]43)=C(C[C@H](C)C[C@@H](OC)[C@@H](O)[C@H](C)/C=C(\C)[C@H]1OC(N)=O)C2=O. The van der Waals surface area contributed by atoms with Gasteiger partial charge in [0.25, 0.3) is 5.91 Å². The fourth-order valence-corrected chi connectivity index (χ4v) is 11.1. The molecule has 3 heterocycles. The second-order valence-corrected chi connectivity index (χ2v) is 21.8. The number of carbonyl (C=O) groups excluding carboxylic acids is 7. The molecular formula is C57H91N7O17S. The number of ketones is 2. The Morgan fingerprint density at radius 1 is 0.756 bits per heavy atom. The lowest BCUT2D eigenvalue weighted by atomic mass is 9.85. The molecule has 1 aliphatic carbocycles. The van der Waals surface area contributed by atoms with E-state index in [9.17, 15) is 38.7 Å². The number of nitrogens with two attached hydrogens (primary N) is 1. The van der Waals surface area contributed by atoms with Crippen molar-refractivity contribution in [3.8, 4) is 0 Å². The molecule has 9 N–H and O–H groups in total. The van der Waals surface area contributed by atoms with Crippen LogP contribution in [-0.4, -0.2) is 207 Å². The zero-order valence-corrected chi connectivity index (χ0v) is 49.5. The van der Waals surface area contributed by atoms with E-state index in [1.165, 1.54) is 20.3 Å². The predicted molar refractivity (Wildman–Crippen MR) is 306 cm³/mol. The largest absolute Gasteiger partial charge is 0.439 e. The Hall–Kier alpha value is -5.22. The van der Waals surface area contributed by atoms with Gasteiger partial charge in [-0.15, -0.1) is 0 Å². The quantitative estimate of drug-likeness (QED) is 0.0196. The van der Waals surface area contributed by atoms with E-state index >= 15 is 0 Å². The Labute approximate surface area is 486 Å². The van der Waals surface area contributed by atoms with Gasteiger partial charge in [0.05, 0.1) is 102 Å². The van der Waals surface area contributed by atoms with Gasteiger partial charge in [-0.05, 0) is 63.9 Å². The van der Waals surface area contributed by atoms with Gasteiger partial charge in [0.1, 0.15) is 6.10 Å². The second kappa shape index (κ2) is 39.3. The van der Waals surface area contributed by atoms with E-state index in [2.05, 4.69) is 31.9 Å². The highest BCUT2D eigenvalue weighted by Gasteiger charge is 2.42. The van der Waals surface area contributed by atoms with E-state index in [0.29, 0.717) is 129 Å². The first-order chi connectivity index (χ1) is 39.5. The lowest BCUT2D eigenvalue weighted by Crippen LogP contribution is -2.38. The molecule has 3 aliphatic heterocycles. The van der Waals surface area contributed by atoms with E-state index in [1.54, 1.807) is 39.0 Å². The number of allylic oxidation sites excluding steroid dienone is 4. The van der Waals surface area contributed by atoms with Crippen LogP contribution in [0.5, 0.6) is 0 Å². The molecule has 6 amide bonds. The van der Waals surface area contributed by atoms with Crippen molar-refractivity contribution in [2.24, 2.45) is 17.6 Å². The number of urea groups is 1. The maximum absolute atomic E-state index is 14.0. The van der Waals surface area contributed by atoms with Crippen molar-refractivity contribution in [3.63, 3.8) is 0 Å². The van der Waals surface area contributed by atoms with Crippen LogP contribution in [0.4, 0.5) is 9.59 Å². The average Bonchev–Trinajstić information content (AvgIpc) is 3.74. The number of Topliss-reactive ketones (excluding diaryl/α,β-unsaturated/α-hetero) is 1. The molecule has 0 spiro atoms. The summed E-state index contributed by atoms with van der Waals surface area (Å²) < 4.78 is 50.2. The van der Waals surface area contributed by atoms with Crippen LogP contribution >= 0.6 is 11.8 Å². The van der Waals surface area contributed by atoms with Crippen molar-refractivity contribution < 1.29 is 81.3 Å². The molecule has 2 saturated heterocycles. The minimum atomic E-state index is -1.02. The van der Waals surface area contributed by atoms with Crippen molar-refractivity contribution in [1.29, 1.82) is 0 Å². The highest BCUT2D eigenvalue weighted by Crippen LogP contribution is 2.33. The van der Waals surface area contributed by atoms with Crippen LogP contribution in [0.3, 0.4) is 0 Å². The molecule has 0 aromatic heterocycles. The Kier molecular flexibility index (Phi) is 33.2. The van der Waals surface area contributed by atoms with Crippen LogP contribution < -0.4 is 37.6 Å². The summed E-state index contributed by atoms with van der Waals surface area (Å²) in [5.74, 6) is -1.53. The Balaban J connectivity index is 1.01. The van der Waals surface area contributed by atoms with Crippen molar-refractivity contribution in [2.45, 2.75) is 127 Å². The summed E-state index contributed by atoms with van der Waals surface area (Å²) in [5, 5.41) is 29.3. The summed E-state index contributed by atoms with van der Waals surface area (Å²) in [6, 6.07) is 0.337. The van der Waals surface area contributed by atoms with Gasteiger partial charge in [0.2, 0.25) is 23.4 Å². The number of carbonyl (C=O) groups is 7. The number of thioether (sulfide) groups is 1. The molecule has 82 heavy (non-hydrogen) atoms. The number of hydrogen-bond acceptors (Lipinski definition) is 19. The van der Waals surface area contributed by atoms with Crippen LogP contribution in [-0.2, 0) is 66.6 Å². The minimum Gasteiger partial charge on any atom is -0.439 e. The molecule has 25 heteroatoms. The standard InChI is InChI=1S/C57H91N7O17S/c1-37-32-41-50(44(65)35-42(53(41)69)62-55(70)38(2)12-9-13-45(73-5)54(81-56(58)71)40(4)34-39(3)52(68)46(33-37)74-6)61-18-11-21-76-25-24-75-20-10-17-59-49(67)16-22-77-26-28-79-30-31-80-29-27-78-23-19-60-48(66)15-8-7-14-47-51-43(36-82-47)63-57(72)64-51/h9,12-13,34-35,37,39,43,45-47,51-52,54,61,68H,7-8,10-11,14-33,36H2,1-6H3,(H2,58,71)(H,59,67)(H,60,66)(H,62,70)(H2,63,64,72)/b13-9-,38-12+,40-34+/t37-,39+,43-,45+,46+,47-,51-,52-,54+/m0/s1. The van der Waals surface area contributed by atoms with Gasteiger partial charge in [-0.1, -0.05) is 44.6 Å². The lowest BCUT2D eigenvalue weighted by molar-refractivity contribution is -0.122. The number of aliphatic hydroxyl groups is 1. The second-order valence-electron chi connectivity index (χ2n) is 20.6. The van der Waals surface area contributed by atoms with Crippen molar-refractivity contribution in [3.05, 3.63) is 58.5 Å². The molecule has 0 radical (unpaired) electrons. The maximum atomic E-state index is 14.0. The number of primary amides is 1. The van der Waals surface area contributed by atoms with Crippen LogP contribution in [0.1, 0.15) is 85.5 Å². The summed E-state index contributed by atoms with van der Waals surface area (Å²) in [6.45, 7) is 12.6. The van der Waals surface area contributed by atoms with Gasteiger partial charge in [0, 0.05) is 94.1 Å². The van der Waals surface area contributed by atoms with Gasteiger partial charge in [0.15, 0.2) is 6.10 Å². The number of rotatable bonds is 35. The number of amides is 6. The highest BCUT2D eigenvalue weighted by molar-refractivity contribution is 8.00. The Morgan fingerprint density at radius 3 is 2.04 bits per heavy atom. The molecule has 0 aromatic carbocycles. The minimum absolute atomic E-state index is 0.0129. The fraction of sp³-hybridized carbons (Fsp3) is 0.702. The Bertz CT molecular complexity index is 2210. The predicted octanol–water partition coefficient (Wildman–Crippen LogP) is 2.58. The van der Waals surface area contributed by atoms with Crippen LogP contribution in [0.25, 0.3) is 0 Å². The summed E-state index contributed by atoms with van der Waals surface area (Å²) >= 11 is 1.88. The molecule has 4 rings (SSSR count). The van der Waals surface area contributed by atoms with Gasteiger partial charge in [-0.2, -0.15) is 11.8 Å². The van der Waals surface area contributed by atoms with E-state index in [0.717, 1.165) is 31.1 Å². The van der Waals surface area contributed by atoms with Gasteiger partial charge in [-0.3, -0.25) is 24.0 Å². The van der Waals surface area contributed by atoms with Crippen molar-refractivity contribution >= 4 is 53.2 Å². The van der Waals surface area contributed by atoms with E-state index in [-0.39, 0.29) is 77.8 Å². The van der Waals surface area contributed by atoms with Crippen LogP contribution in [0.2, 0.25) is 0 Å². The van der Waals surface area contributed by atoms with Crippen molar-refractivity contribution in [1.82, 2.24) is 31.9 Å². The first kappa shape index (κ1) is 69.3. The normalized spacial score (nSPS) is 26.1. The zero-order chi connectivity index (χ0) is 59.7. The number of nitrogens with one attached hydrogen (secondary N) is 6. The lowest BCUT2D eigenvalue weighted by Gasteiger charge is -2.30. The topological polar surface area (TPSA) is 321 Å². The monoisotopic (exact) mass is 1180 g/mol. The summed E-state index contributed by atoms with van der Waals surface area (Å²) in [6.07, 6.45) is 8.00. The van der Waals surface area contributed by atoms with E-state index in [4.69, 9.17) is 48.4 Å². The number of ether oxygens (including phenoxy) is 9. The first-order valence-electron chi connectivity index (χ1n) is 28.5. The van der Waals surface area contributed by atoms with E-state index in [1.807, 2.05) is 18.7 Å². The number of fused-ring (bicyclic) bond motifs is 3. The molecular weight excluding hydrogens is 1090 g/mol. The molecule has 0 saturated carbocycles. The molecule has 9 atom stereocenters. The molecule has 0 aromatic rings. The average molecular weight is 1180 g/mol. The van der Waals surface area contributed by atoms with Crippen molar-refractivity contribution in [2.75, 3.05) is 119 Å². The smallest absolute Gasteiger partial charge is 0.405 e. The third kappa shape index (κ3) is 25.7. The molecule has 462 valence electrons. The summed E-state index contributed by atoms with van der Waals surface area (Å²) in [7, 11) is 2.91. The fourth-order valence-electron chi connectivity index (χ4n) is 9.53. The Morgan fingerprint density at radius 2 is 1.38 bits per heavy atom. The van der Waals surface area contributed by atoms with E-state index < -0.39 is 53.9 Å². The molecule has 4 aliphatic rings. The third-order valence-corrected chi connectivity index (χ3v) is 15.5. The van der Waals surface area contributed by atoms with Gasteiger partial charge in [-0.25, -0.2) is 9.59 Å². The maximum Gasteiger partial charge on any atom is 0.405 e. The zero-order valence-electron chi connectivity index (χ0n) is 48.7. The molecule has 24 nitrogen and oxygen atoms in total. The first-order valence-corrected chi connectivity index (χ1v) is 29.6. The number of hydrogen-bond donors (Lipinski definition) is 8. The molecule has 2 bridgehead atoms. The molecule has 0 unspecified atom stereocenters. The summed E-state index contributed by atoms with van der Waals surface area (Å²) in [4.78, 5) is 88.8. The van der Waals surface area contributed by atoms with Gasteiger partial charge >= 0.3 is 12.1 Å². The van der Waals surface area contributed by atoms with Crippen LogP contribution in [0.15, 0.2) is 58.5 Å². The third-order valence-electron chi connectivity index (χ3n) is 14.0. The molecule has 2 fully saturated rings. The highest BCUT2D eigenvalue weighted by atomic mass is 32.2. The number of aliphatic hydroxyl groups excluding tert-OH is 1. The number of unbranched alkanes of at least 4 members (excludes halogenated alkanes) is 1.